The molecule has 10 heteroatoms. The number of aliphatic hydroxyl groups excluding tert-OH is 1. The molecule has 2 aromatic carbocycles. The molecule has 202 valence electrons. The molecule has 2 saturated heterocycles. The van der Waals surface area contributed by atoms with Crippen LogP contribution in [-0.4, -0.2) is 51.0 Å². The molecule has 0 bridgehead atoms. The van der Waals surface area contributed by atoms with Gasteiger partial charge in [0.25, 0.3) is 0 Å². The second-order valence-corrected chi connectivity index (χ2v) is 10.5. The maximum atomic E-state index is 16.1. The Morgan fingerprint density at radius 2 is 1.87 bits per heavy atom. The van der Waals surface area contributed by atoms with Gasteiger partial charge in [0, 0.05) is 31.2 Å². The number of carbonyl (C=O) groups is 1. The summed E-state index contributed by atoms with van der Waals surface area (Å²) in [7, 11) is 0. The number of rotatable bonds is 4. The number of benzene rings is 2. The van der Waals surface area contributed by atoms with Gasteiger partial charge in [0.2, 0.25) is 5.91 Å². The summed E-state index contributed by atoms with van der Waals surface area (Å²) >= 11 is 0. The zero-order chi connectivity index (χ0) is 27.3. The molecule has 2 fully saturated rings. The Kier molecular flexibility index (Phi) is 6.69. The van der Waals surface area contributed by atoms with Crippen LogP contribution in [0.4, 0.5) is 17.6 Å². The summed E-state index contributed by atoms with van der Waals surface area (Å²) < 4.78 is 54.7. The van der Waals surface area contributed by atoms with Crippen molar-refractivity contribution in [1.82, 2.24) is 15.2 Å². The van der Waals surface area contributed by atoms with Crippen LogP contribution in [0.15, 0.2) is 54.7 Å². The van der Waals surface area contributed by atoms with Gasteiger partial charge in [0.05, 0.1) is 17.0 Å². The summed E-state index contributed by atoms with van der Waals surface area (Å²) in [6.07, 6.45) is -2.67. The molecule has 3 heterocycles. The molecule has 6 nitrogen and oxygen atoms in total. The van der Waals surface area contributed by atoms with Crippen LogP contribution >= 0.6 is 0 Å². The number of piperidine rings is 2. The summed E-state index contributed by atoms with van der Waals surface area (Å²) in [4.78, 5) is 18.6. The number of aliphatic hydroxyl groups is 2. The summed E-state index contributed by atoms with van der Waals surface area (Å²) in [5.41, 5.74) is -2.23. The molecule has 2 aliphatic rings. The van der Waals surface area contributed by atoms with Crippen molar-refractivity contribution in [2.24, 2.45) is 0 Å². The quantitative estimate of drug-likeness (QED) is 0.435. The van der Waals surface area contributed by atoms with Gasteiger partial charge in [-0.15, -0.1) is 0 Å². The number of amides is 1. The Bertz CT molecular complexity index is 1350. The van der Waals surface area contributed by atoms with E-state index < -0.39 is 35.2 Å². The van der Waals surface area contributed by atoms with E-state index in [1.165, 1.54) is 19.1 Å². The van der Waals surface area contributed by atoms with E-state index >= 15 is 4.39 Å². The van der Waals surface area contributed by atoms with E-state index in [0.717, 1.165) is 12.1 Å². The number of carbonyl (C=O) groups excluding carboxylic acids is 1. The highest BCUT2D eigenvalue weighted by Crippen LogP contribution is 2.44. The molecular formula is C28H29F4N3O3. The van der Waals surface area contributed by atoms with Crippen LogP contribution in [0.2, 0.25) is 0 Å². The number of hydrogen-bond donors (Lipinski definition) is 3. The van der Waals surface area contributed by atoms with Crippen molar-refractivity contribution in [3.63, 3.8) is 0 Å². The number of fused-ring (bicyclic) bond motifs is 1. The van der Waals surface area contributed by atoms with Crippen molar-refractivity contribution in [3.05, 3.63) is 77.0 Å². The first-order valence-electron chi connectivity index (χ1n) is 12.5. The van der Waals surface area contributed by atoms with E-state index in [4.69, 9.17) is 0 Å². The molecule has 0 saturated carbocycles. The lowest BCUT2D eigenvalue weighted by molar-refractivity contribution is -0.148. The summed E-state index contributed by atoms with van der Waals surface area (Å²) in [5, 5.41) is 24.4. The van der Waals surface area contributed by atoms with Crippen molar-refractivity contribution in [2.75, 3.05) is 13.1 Å². The maximum absolute atomic E-state index is 16.1. The normalized spacial score (nSPS) is 28.9. The van der Waals surface area contributed by atoms with Crippen LogP contribution in [-0.2, 0) is 23.1 Å². The summed E-state index contributed by atoms with van der Waals surface area (Å²) in [6.45, 7) is 1.84. The summed E-state index contributed by atoms with van der Waals surface area (Å²) in [5.74, 6) is -0.738. The van der Waals surface area contributed by atoms with Crippen LogP contribution in [0.25, 0.3) is 10.9 Å². The second-order valence-electron chi connectivity index (χ2n) is 10.5. The van der Waals surface area contributed by atoms with Crippen molar-refractivity contribution < 1.29 is 32.6 Å². The highest BCUT2D eigenvalue weighted by molar-refractivity contribution is 5.87. The topological polar surface area (TPSA) is 85.7 Å². The largest absolute Gasteiger partial charge is 0.416 e. The van der Waals surface area contributed by atoms with Crippen LogP contribution < -0.4 is 5.32 Å². The third-order valence-electron chi connectivity index (χ3n) is 7.80. The minimum atomic E-state index is -4.42. The van der Waals surface area contributed by atoms with Crippen LogP contribution in [0.1, 0.15) is 54.4 Å². The molecule has 5 rings (SSSR count). The van der Waals surface area contributed by atoms with E-state index in [0.29, 0.717) is 47.0 Å². The lowest BCUT2D eigenvalue weighted by Gasteiger charge is -2.47. The van der Waals surface area contributed by atoms with Gasteiger partial charge >= 0.3 is 6.18 Å². The molecule has 1 aromatic heterocycles. The van der Waals surface area contributed by atoms with Gasteiger partial charge in [-0.25, -0.2) is 4.39 Å². The lowest BCUT2D eigenvalue weighted by Crippen LogP contribution is -2.58. The Balaban J connectivity index is 1.35. The highest BCUT2D eigenvalue weighted by atomic mass is 19.4. The molecule has 0 spiro atoms. The third-order valence-corrected chi connectivity index (χ3v) is 7.80. The molecule has 38 heavy (non-hydrogen) atoms. The standard InChI is InChI=1S/C28H29F4N3O3/c1-26(29)16-35(15-17-2-4-20(5-3-17)28(30,31)32)11-10-27(26,38)21-6-8-23-18(13-21)12-19(14-33-23)22-7-9-24(36)34-25(22)37/h2-6,8,12-14,22,24,36,38H,7,9-11,15-16H2,1H3,(H,34,37)/t22?,24?,26-,27-/m1/s1. The van der Waals surface area contributed by atoms with E-state index in [2.05, 4.69) is 10.3 Å². The third kappa shape index (κ3) is 5.00. The van der Waals surface area contributed by atoms with Crippen LogP contribution in [0.3, 0.4) is 0 Å². The molecule has 3 aromatic rings. The first-order valence-corrected chi connectivity index (χ1v) is 12.5. The van der Waals surface area contributed by atoms with Crippen LogP contribution in [0.5, 0.6) is 0 Å². The van der Waals surface area contributed by atoms with Gasteiger partial charge < -0.3 is 15.5 Å². The van der Waals surface area contributed by atoms with Crippen molar-refractivity contribution in [2.45, 2.75) is 62.3 Å². The number of pyridine rings is 1. The average molecular weight is 532 g/mol. The Morgan fingerprint density at radius 3 is 2.53 bits per heavy atom. The molecule has 3 N–H and O–H groups in total. The number of hydrogen-bond acceptors (Lipinski definition) is 5. The molecule has 4 atom stereocenters. The summed E-state index contributed by atoms with van der Waals surface area (Å²) in [6, 6.07) is 11.7. The smallest absolute Gasteiger partial charge is 0.382 e. The predicted octanol–water partition coefficient (Wildman–Crippen LogP) is 4.39. The van der Waals surface area contributed by atoms with Gasteiger partial charge in [-0.3, -0.25) is 14.7 Å². The van der Waals surface area contributed by atoms with Gasteiger partial charge in [-0.05, 0) is 73.2 Å². The Hall–Kier alpha value is -3.08. The minimum absolute atomic E-state index is 0.0855. The van der Waals surface area contributed by atoms with Gasteiger partial charge in [0.1, 0.15) is 11.8 Å². The van der Waals surface area contributed by atoms with E-state index in [9.17, 15) is 28.2 Å². The van der Waals surface area contributed by atoms with Crippen molar-refractivity contribution in [3.8, 4) is 0 Å². The highest BCUT2D eigenvalue weighted by Gasteiger charge is 2.52. The second kappa shape index (κ2) is 9.59. The zero-order valence-electron chi connectivity index (χ0n) is 20.8. The number of alkyl halides is 4. The maximum Gasteiger partial charge on any atom is 0.416 e. The Morgan fingerprint density at radius 1 is 1.13 bits per heavy atom. The number of likely N-dealkylation sites (tertiary alicyclic amines) is 1. The van der Waals surface area contributed by atoms with Crippen molar-refractivity contribution in [1.29, 1.82) is 0 Å². The molecule has 1 amide bonds. The minimum Gasteiger partial charge on any atom is -0.382 e. The number of halogens is 4. The van der Waals surface area contributed by atoms with E-state index in [1.54, 1.807) is 29.3 Å². The van der Waals surface area contributed by atoms with Gasteiger partial charge in [0.15, 0.2) is 5.67 Å². The molecule has 2 aliphatic heterocycles. The van der Waals surface area contributed by atoms with Gasteiger partial charge in [-0.1, -0.05) is 18.2 Å². The Labute approximate surface area is 217 Å². The molecule has 0 aliphatic carbocycles. The van der Waals surface area contributed by atoms with E-state index in [-0.39, 0.29) is 25.4 Å². The molecule has 2 unspecified atom stereocenters. The fourth-order valence-electron chi connectivity index (χ4n) is 5.55. The molecule has 0 radical (unpaired) electrons. The average Bonchev–Trinajstić information content (AvgIpc) is 2.85. The SMILES string of the molecule is C[C@@]1(F)CN(Cc2ccc(C(F)(F)F)cc2)CC[C@@]1(O)c1ccc2ncc(C3CCC(O)NC3=O)cc2c1. The van der Waals surface area contributed by atoms with Crippen molar-refractivity contribution >= 4 is 16.8 Å². The number of aromatic nitrogens is 1. The first kappa shape index (κ1) is 26.5. The first-order chi connectivity index (χ1) is 17.9. The van der Waals surface area contributed by atoms with Crippen LogP contribution in [0, 0.1) is 0 Å². The molecular weight excluding hydrogens is 502 g/mol. The van der Waals surface area contributed by atoms with E-state index in [1.807, 2.05) is 6.07 Å². The monoisotopic (exact) mass is 531 g/mol. The predicted molar refractivity (Wildman–Crippen MR) is 133 cm³/mol. The zero-order valence-corrected chi connectivity index (χ0v) is 20.8. The number of nitrogens with zero attached hydrogens (tertiary/aromatic N) is 2. The van der Waals surface area contributed by atoms with Gasteiger partial charge in [-0.2, -0.15) is 13.2 Å². The lowest BCUT2D eigenvalue weighted by atomic mass is 9.74. The fraction of sp³-hybridized carbons (Fsp3) is 0.429. The number of nitrogens with one attached hydrogen (secondary N) is 1. The fourth-order valence-corrected chi connectivity index (χ4v) is 5.55.